The monoisotopic (exact) mass is 248 g/mol. The van der Waals surface area contributed by atoms with Crippen molar-refractivity contribution in [1.29, 1.82) is 0 Å². The van der Waals surface area contributed by atoms with Gasteiger partial charge in [-0.15, -0.1) is 0 Å². The molecular formula is C15H24N2O. The van der Waals surface area contributed by atoms with E-state index in [1.807, 2.05) is 26.1 Å². The van der Waals surface area contributed by atoms with Gasteiger partial charge in [-0.2, -0.15) is 0 Å². The fourth-order valence-electron chi connectivity index (χ4n) is 2.72. The largest absolute Gasteiger partial charge is 0.475 e. The van der Waals surface area contributed by atoms with Crippen molar-refractivity contribution in [2.24, 2.45) is 0 Å². The van der Waals surface area contributed by atoms with E-state index >= 15 is 0 Å². The van der Waals surface area contributed by atoms with Gasteiger partial charge in [0, 0.05) is 23.8 Å². The van der Waals surface area contributed by atoms with Crippen LogP contribution in [0.3, 0.4) is 0 Å². The lowest BCUT2D eigenvalue weighted by atomic mass is 10.1. The van der Waals surface area contributed by atoms with Gasteiger partial charge < -0.3 is 4.74 Å². The average molecular weight is 248 g/mol. The van der Waals surface area contributed by atoms with Gasteiger partial charge in [-0.1, -0.05) is 6.07 Å². The van der Waals surface area contributed by atoms with Crippen molar-refractivity contribution in [3.63, 3.8) is 0 Å². The van der Waals surface area contributed by atoms with Crippen molar-refractivity contribution in [3.05, 3.63) is 23.9 Å². The number of ether oxygens (including phenoxy) is 1. The van der Waals surface area contributed by atoms with Crippen molar-refractivity contribution in [2.75, 3.05) is 6.54 Å². The molecule has 1 saturated heterocycles. The maximum atomic E-state index is 5.85. The molecule has 0 amide bonds. The van der Waals surface area contributed by atoms with Crippen LogP contribution >= 0.6 is 0 Å². The standard InChI is InChI=1S/C15H24N2O/c1-11(2)17-10-6-8-14(17)13-7-5-9-16-15(13)18-12(3)4/h5,7,9,11-12,14H,6,8,10H2,1-4H3/t14-/m0/s1. The average Bonchev–Trinajstić information content (AvgIpc) is 2.77. The number of likely N-dealkylation sites (tertiary alicyclic amines) is 1. The van der Waals surface area contributed by atoms with E-state index in [4.69, 9.17) is 4.74 Å². The van der Waals surface area contributed by atoms with Gasteiger partial charge >= 0.3 is 0 Å². The van der Waals surface area contributed by atoms with Gasteiger partial charge in [0.2, 0.25) is 5.88 Å². The third-order valence-electron chi connectivity index (χ3n) is 3.46. The van der Waals surface area contributed by atoms with E-state index in [9.17, 15) is 0 Å². The molecule has 3 heteroatoms. The summed E-state index contributed by atoms with van der Waals surface area (Å²) in [4.78, 5) is 6.95. The summed E-state index contributed by atoms with van der Waals surface area (Å²) in [7, 11) is 0. The Bertz CT molecular complexity index is 390. The first-order valence-electron chi connectivity index (χ1n) is 6.97. The van der Waals surface area contributed by atoms with Crippen molar-refractivity contribution < 1.29 is 4.74 Å². The molecule has 0 spiro atoms. The summed E-state index contributed by atoms with van der Waals surface area (Å²) < 4.78 is 5.85. The number of hydrogen-bond donors (Lipinski definition) is 0. The Hall–Kier alpha value is -1.09. The highest BCUT2D eigenvalue weighted by Crippen LogP contribution is 2.37. The zero-order valence-electron chi connectivity index (χ0n) is 11.9. The Morgan fingerprint density at radius 3 is 2.78 bits per heavy atom. The summed E-state index contributed by atoms with van der Waals surface area (Å²) in [5, 5.41) is 0. The van der Waals surface area contributed by atoms with E-state index in [1.54, 1.807) is 0 Å². The lowest BCUT2D eigenvalue weighted by Crippen LogP contribution is -2.30. The second-order valence-corrected chi connectivity index (χ2v) is 5.55. The van der Waals surface area contributed by atoms with Crippen molar-refractivity contribution >= 4 is 0 Å². The van der Waals surface area contributed by atoms with Crippen LogP contribution in [0.5, 0.6) is 5.88 Å². The molecule has 1 aliphatic heterocycles. The van der Waals surface area contributed by atoms with Crippen LogP contribution in [0.2, 0.25) is 0 Å². The molecule has 2 rings (SSSR count). The Morgan fingerprint density at radius 2 is 2.11 bits per heavy atom. The highest BCUT2D eigenvalue weighted by atomic mass is 16.5. The van der Waals surface area contributed by atoms with Crippen LogP contribution in [-0.2, 0) is 0 Å². The summed E-state index contributed by atoms with van der Waals surface area (Å²) in [5.41, 5.74) is 1.25. The maximum absolute atomic E-state index is 5.85. The van der Waals surface area contributed by atoms with E-state index in [0.717, 1.165) is 5.88 Å². The fourth-order valence-corrected chi connectivity index (χ4v) is 2.72. The minimum Gasteiger partial charge on any atom is -0.475 e. The highest BCUT2D eigenvalue weighted by Gasteiger charge is 2.30. The molecule has 0 aliphatic carbocycles. The Balaban J connectivity index is 2.26. The lowest BCUT2D eigenvalue weighted by molar-refractivity contribution is 0.188. The molecular weight excluding hydrogens is 224 g/mol. The van der Waals surface area contributed by atoms with Gasteiger partial charge in [-0.3, -0.25) is 4.90 Å². The second kappa shape index (κ2) is 5.70. The molecule has 1 fully saturated rings. The van der Waals surface area contributed by atoms with Crippen LogP contribution in [0, 0.1) is 0 Å². The Labute approximate surface area is 110 Å². The second-order valence-electron chi connectivity index (χ2n) is 5.55. The van der Waals surface area contributed by atoms with Crippen LogP contribution in [0.1, 0.15) is 52.1 Å². The van der Waals surface area contributed by atoms with E-state index in [2.05, 4.69) is 29.8 Å². The Kier molecular flexibility index (Phi) is 4.23. The van der Waals surface area contributed by atoms with Gasteiger partial charge in [0.25, 0.3) is 0 Å². The predicted octanol–water partition coefficient (Wildman–Crippen LogP) is 3.41. The van der Waals surface area contributed by atoms with E-state index in [-0.39, 0.29) is 6.10 Å². The van der Waals surface area contributed by atoms with E-state index < -0.39 is 0 Å². The molecule has 0 N–H and O–H groups in total. The molecule has 1 aromatic rings. The number of nitrogens with zero attached hydrogens (tertiary/aromatic N) is 2. The van der Waals surface area contributed by atoms with Gasteiger partial charge in [-0.05, 0) is 53.1 Å². The normalized spacial score (nSPS) is 20.9. The number of aromatic nitrogens is 1. The van der Waals surface area contributed by atoms with E-state index in [0.29, 0.717) is 12.1 Å². The van der Waals surface area contributed by atoms with E-state index in [1.165, 1.54) is 24.9 Å². The third kappa shape index (κ3) is 2.83. The molecule has 1 aliphatic rings. The van der Waals surface area contributed by atoms with Gasteiger partial charge in [-0.25, -0.2) is 4.98 Å². The van der Waals surface area contributed by atoms with Crippen molar-refractivity contribution in [3.8, 4) is 5.88 Å². The summed E-state index contributed by atoms with van der Waals surface area (Å²) in [5.74, 6) is 0.810. The summed E-state index contributed by atoms with van der Waals surface area (Å²) in [6.07, 6.45) is 4.46. The van der Waals surface area contributed by atoms with Crippen LogP contribution in [-0.4, -0.2) is 28.6 Å². The van der Waals surface area contributed by atoms with Gasteiger partial charge in [0.05, 0.1) is 6.10 Å². The molecule has 0 radical (unpaired) electrons. The molecule has 1 aromatic heterocycles. The first kappa shape index (κ1) is 13.3. The molecule has 3 nitrogen and oxygen atoms in total. The molecule has 100 valence electrons. The predicted molar refractivity (Wildman–Crippen MR) is 73.8 cm³/mol. The van der Waals surface area contributed by atoms with Crippen LogP contribution in [0.25, 0.3) is 0 Å². The topological polar surface area (TPSA) is 25.4 Å². The van der Waals surface area contributed by atoms with Crippen molar-refractivity contribution in [2.45, 2.75) is 58.7 Å². The van der Waals surface area contributed by atoms with Gasteiger partial charge in [0.15, 0.2) is 0 Å². The zero-order chi connectivity index (χ0) is 13.1. The first-order valence-corrected chi connectivity index (χ1v) is 6.97. The SMILES string of the molecule is CC(C)Oc1ncccc1[C@@H]1CCCN1C(C)C. The Morgan fingerprint density at radius 1 is 1.33 bits per heavy atom. The molecule has 0 saturated carbocycles. The van der Waals surface area contributed by atoms with Crippen LogP contribution in [0.15, 0.2) is 18.3 Å². The quantitative estimate of drug-likeness (QED) is 0.816. The fraction of sp³-hybridized carbons (Fsp3) is 0.667. The smallest absolute Gasteiger partial charge is 0.218 e. The molecule has 18 heavy (non-hydrogen) atoms. The first-order chi connectivity index (χ1) is 8.59. The molecule has 2 heterocycles. The summed E-state index contributed by atoms with van der Waals surface area (Å²) in [6.45, 7) is 9.80. The van der Waals surface area contributed by atoms with Crippen LogP contribution < -0.4 is 4.74 Å². The third-order valence-corrected chi connectivity index (χ3v) is 3.46. The van der Waals surface area contributed by atoms with Crippen molar-refractivity contribution in [1.82, 2.24) is 9.88 Å². The maximum Gasteiger partial charge on any atom is 0.218 e. The minimum atomic E-state index is 0.174. The van der Waals surface area contributed by atoms with Gasteiger partial charge in [0.1, 0.15) is 0 Å². The molecule has 0 bridgehead atoms. The molecule has 1 atom stereocenters. The highest BCUT2D eigenvalue weighted by molar-refractivity contribution is 5.30. The zero-order valence-corrected chi connectivity index (χ0v) is 11.9. The summed E-state index contributed by atoms with van der Waals surface area (Å²) >= 11 is 0. The number of hydrogen-bond acceptors (Lipinski definition) is 3. The molecule has 0 unspecified atom stereocenters. The summed E-state index contributed by atoms with van der Waals surface area (Å²) in [6, 6.07) is 5.21. The number of rotatable bonds is 4. The minimum absolute atomic E-state index is 0.174. The lowest BCUT2D eigenvalue weighted by Gasteiger charge is -2.29. The molecule has 0 aromatic carbocycles. The van der Waals surface area contributed by atoms with Crippen LogP contribution in [0.4, 0.5) is 0 Å². The number of pyridine rings is 1.